The molecule has 0 aliphatic carbocycles. The number of rotatable bonds is 6. The van der Waals surface area contributed by atoms with E-state index in [4.69, 9.17) is 14.2 Å². The van der Waals surface area contributed by atoms with Crippen molar-refractivity contribution in [1.29, 1.82) is 0 Å². The van der Waals surface area contributed by atoms with Crippen molar-refractivity contribution in [3.63, 3.8) is 0 Å². The van der Waals surface area contributed by atoms with Crippen LogP contribution in [-0.2, 0) is 14.3 Å². The van der Waals surface area contributed by atoms with Gasteiger partial charge in [0.2, 0.25) is 0 Å². The Bertz CT molecular complexity index is 788. The Morgan fingerprint density at radius 3 is 2.56 bits per heavy atom. The topological polar surface area (TPSA) is 77.1 Å². The van der Waals surface area contributed by atoms with Gasteiger partial charge in [0, 0.05) is 18.8 Å². The second kappa shape index (κ2) is 9.05. The van der Waals surface area contributed by atoms with Crippen molar-refractivity contribution in [2.75, 3.05) is 50.2 Å². The molecular formula is C20H22N2O5. The first-order valence-electron chi connectivity index (χ1n) is 8.70. The van der Waals surface area contributed by atoms with Gasteiger partial charge in [-0.3, -0.25) is 4.79 Å². The van der Waals surface area contributed by atoms with E-state index in [1.54, 1.807) is 24.3 Å². The number of carbonyl (C=O) groups is 2. The first-order valence-corrected chi connectivity index (χ1v) is 8.70. The number of carbonyl (C=O) groups excluding carboxylic acids is 2. The molecule has 0 atom stereocenters. The smallest absolute Gasteiger partial charge is 0.340 e. The summed E-state index contributed by atoms with van der Waals surface area (Å²) in [7, 11) is 1.34. The number of ether oxygens (including phenoxy) is 3. The number of benzene rings is 2. The Hall–Kier alpha value is -3.06. The normalized spacial score (nSPS) is 13.7. The molecule has 1 N–H and O–H groups in total. The van der Waals surface area contributed by atoms with Gasteiger partial charge in [0.05, 0.1) is 31.6 Å². The standard InChI is InChI=1S/C20H22N2O5/c1-25-20(24)17-13-15(7-8-18(17)22-9-11-26-12-10-22)21-19(23)14-27-16-5-3-2-4-6-16/h2-8,13H,9-12,14H2,1H3,(H,21,23). The zero-order chi connectivity index (χ0) is 19.1. The lowest BCUT2D eigenvalue weighted by molar-refractivity contribution is -0.118. The molecule has 7 nitrogen and oxygen atoms in total. The SMILES string of the molecule is COC(=O)c1cc(NC(=O)COc2ccccc2)ccc1N1CCOCC1. The molecule has 1 aliphatic rings. The number of anilines is 2. The van der Waals surface area contributed by atoms with E-state index in [1.807, 2.05) is 24.3 Å². The highest BCUT2D eigenvalue weighted by Gasteiger charge is 2.20. The van der Waals surface area contributed by atoms with Crippen LogP contribution in [-0.4, -0.2) is 51.9 Å². The lowest BCUT2D eigenvalue weighted by Gasteiger charge is -2.30. The van der Waals surface area contributed by atoms with Gasteiger partial charge in [-0.2, -0.15) is 0 Å². The van der Waals surface area contributed by atoms with E-state index in [1.165, 1.54) is 7.11 Å². The third kappa shape index (κ3) is 4.98. The van der Waals surface area contributed by atoms with Gasteiger partial charge in [0.25, 0.3) is 5.91 Å². The van der Waals surface area contributed by atoms with Crippen LogP contribution >= 0.6 is 0 Å². The number of esters is 1. The predicted molar refractivity (Wildman–Crippen MR) is 101 cm³/mol. The number of nitrogens with zero attached hydrogens (tertiary/aromatic N) is 1. The molecule has 1 heterocycles. The predicted octanol–water partition coefficient (Wildman–Crippen LogP) is 2.33. The summed E-state index contributed by atoms with van der Waals surface area (Å²) in [6, 6.07) is 14.3. The van der Waals surface area contributed by atoms with E-state index >= 15 is 0 Å². The second-order valence-electron chi connectivity index (χ2n) is 5.97. The Morgan fingerprint density at radius 2 is 1.85 bits per heavy atom. The molecule has 1 aliphatic heterocycles. The van der Waals surface area contributed by atoms with E-state index in [9.17, 15) is 9.59 Å². The summed E-state index contributed by atoms with van der Waals surface area (Å²) >= 11 is 0. The molecule has 0 bridgehead atoms. The summed E-state index contributed by atoms with van der Waals surface area (Å²) in [6.45, 7) is 2.48. The van der Waals surface area contributed by atoms with Gasteiger partial charge in [0.15, 0.2) is 6.61 Å². The number of hydrogen-bond acceptors (Lipinski definition) is 6. The second-order valence-corrected chi connectivity index (χ2v) is 5.97. The monoisotopic (exact) mass is 370 g/mol. The van der Waals surface area contributed by atoms with E-state index in [-0.39, 0.29) is 12.5 Å². The molecule has 27 heavy (non-hydrogen) atoms. The molecular weight excluding hydrogens is 348 g/mol. The fourth-order valence-electron chi connectivity index (χ4n) is 2.83. The number of morpholine rings is 1. The van der Waals surface area contributed by atoms with Crippen LogP contribution < -0.4 is 15.0 Å². The summed E-state index contributed by atoms with van der Waals surface area (Å²) in [5.74, 6) is -0.146. The Labute approximate surface area is 157 Å². The summed E-state index contributed by atoms with van der Waals surface area (Å²) < 4.78 is 15.7. The largest absolute Gasteiger partial charge is 0.484 e. The molecule has 0 radical (unpaired) electrons. The molecule has 142 valence electrons. The van der Waals surface area contributed by atoms with Crippen LogP contribution in [0.15, 0.2) is 48.5 Å². The van der Waals surface area contributed by atoms with Crippen molar-refractivity contribution in [2.24, 2.45) is 0 Å². The number of hydrogen-bond donors (Lipinski definition) is 1. The minimum absolute atomic E-state index is 0.122. The van der Waals surface area contributed by atoms with Gasteiger partial charge in [-0.1, -0.05) is 18.2 Å². The van der Waals surface area contributed by atoms with Crippen LogP contribution in [0, 0.1) is 0 Å². The molecule has 0 aromatic heterocycles. The van der Waals surface area contributed by atoms with Gasteiger partial charge >= 0.3 is 5.97 Å². The third-order valence-corrected chi connectivity index (χ3v) is 4.15. The van der Waals surface area contributed by atoms with Gasteiger partial charge < -0.3 is 24.4 Å². The Kier molecular flexibility index (Phi) is 6.27. The first kappa shape index (κ1) is 18.7. The maximum Gasteiger partial charge on any atom is 0.340 e. The van der Waals surface area contributed by atoms with E-state index in [0.29, 0.717) is 43.3 Å². The molecule has 7 heteroatoms. The average Bonchev–Trinajstić information content (AvgIpc) is 2.73. The van der Waals surface area contributed by atoms with Crippen molar-refractivity contribution in [3.05, 3.63) is 54.1 Å². The zero-order valence-electron chi connectivity index (χ0n) is 15.1. The minimum atomic E-state index is -0.451. The summed E-state index contributed by atoms with van der Waals surface area (Å²) in [5.41, 5.74) is 1.68. The number of nitrogens with one attached hydrogen (secondary N) is 1. The van der Waals surface area contributed by atoms with Gasteiger partial charge in [-0.05, 0) is 30.3 Å². The lowest BCUT2D eigenvalue weighted by atomic mass is 10.1. The fraction of sp³-hybridized carbons (Fsp3) is 0.300. The zero-order valence-corrected chi connectivity index (χ0v) is 15.1. The van der Waals surface area contributed by atoms with Crippen molar-refractivity contribution in [1.82, 2.24) is 0 Å². The van der Waals surface area contributed by atoms with Gasteiger partial charge in [0.1, 0.15) is 5.75 Å². The highest BCUT2D eigenvalue weighted by atomic mass is 16.5. The van der Waals surface area contributed by atoms with Crippen LogP contribution in [0.2, 0.25) is 0 Å². The lowest BCUT2D eigenvalue weighted by Crippen LogP contribution is -2.37. The molecule has 0 unspecified atom stereocenters. The van der Waals surface area contributed by atoms with E-state index in [0.717, 1.165) is 5.69 Å². The van der Waals surface area contributed by atoms with Crippen molar-refractivity contribution < 1.29 is 23.8 Å². The van der Waals surface area contributed by atoms with Crippen molar-refractivity contribution in [3.8, 4) is 5.75 Å². The summed E-state index contributed by atoms with van der Waals surface area (Å²) in [6.07, 6.45) is 0. The van der Waals surface area contributed by atoms with Crippen LogP contribution in [0.3, 0.4) is 0 Å². The summed E-state index contributed by atoms with van der Waals surface area (Å²) in [4.78, 5) is 26.4. The van der Waals surface area contributed by atoms with Gasteiger partial charge in [-0.15, -0.1) is 0 Å². The molecule has 2 aromatic carbocycles. The number of para-hydroxylation sites is 1. The number of amides is 1. The molecule has 1 amide bonds. The van der Waals surface area contributed by atoms with E-state index < -0.39 is 5.97 Å². The molecule has 1 saturated heterocycles. The van der Waals surface area contributed by atoms with Crippen LogP contribution in [0.1, 0.15) is 10.4 Å². The van der Waals surface area contributed by atoms with Crippen molar-refractivity contribution in [2.45, 2.75) is 0 Å². The number of methoxy groups -OCH3 is 1. The first-order chi connectivity index (χ1) is 13.2. The summed E-state index contributed by atoms with van der Waals surface area (Å²) in [5, 5.41) is 2.75. The van der Waals surface area contributed by atoms with Crippen molar-refractivity contribution >= 4 is 23.3 Å². The van der Waals surface area contributed by atoms with E-state index in [2.05, 4.69) is 10.2 Å². The quantitative estimate of drug-likeness (QED) is 0.787. The molecule has 0 saturated carbocycles. The highest BCUT2D eigenvalue weighted by Crippen LogP contribution is 2.26. The van der Waals surface area contributed by atoms with Crippen LogP contribution in [0.25, 0.3) is 0 Å². The molecule has 2 aromatic rings. The molecule has 3 rings (SSSR count). The van der Waals surface area contributed by atoms with Crippen LogP contribution in [0.4, 0.5) is 11.4 Å². The maximum absolute atomic E-state index is 12.2. The average molecular weight is 370 g/mol. The van der Waals surface area contributed by atoms with Gasteiger partial charge in [-0.25, -0.2) is 4.79 Å². The third-order valence-electron chi connectivity index (χ3n) is 4.15. The van der Waals surface area contributed by atoms with Crippen LogP contribution in [0.5, 0.6) is 5.75 Å². The fourth-order valence-corrected chi connectivity index (χ4v) is 2.83. The maximum atomic E-state index is 12.2. The highest BCUT2D eigenvalue weighted by molar-refractivity contribution is 5.99. The molecule has 1 fully saturated rings. The molecule has 0 spiro atoms. The Morgan fingerprint density at radius 1 is 1.11 bits per heavy atom. The Balaban J connectivity index is 1.69. The minimum Gasteiger partial charge on any atom is -0.484 e.